The molecule has 0 aromatic heterocycles. The molecule has 25 heavy (non-hydrogen) atoms. The van der Waals surface area contributed by atoms with Gasteiger partial charge in [-0.05, 0) is 66.1 Å². The Labute approximate surface area is 149 Å². The van der Waals surface area contributed by atoms with E-state index >= 15 is 0 Å². The van der Waals surface area contributed by atoms with Crippen molar-refractivity contribution in [3.8, 4) is 5.75 Å². The van der Waals surface area contributed by atoms with Crippen LogP contribution in [0, 0.1) is 13.8 Å². The lowest BCUT2D eigenvalue weighted by Gasteiger charge is -2.16. The number of aliphatic hydroxyl groups is 1. The van der Waals surface area contributed by atoms with Crippen molar-refractivity contribution in [2.75, 3.05) is 0 Å². The molecule has 0 radical (unpaired) electrons. The van der Waals surface area contributed by atoms with Crippen molar-refractivity contribution in [2.45, 2.75) is 52.7 Å². The minimum Gasteiger partial charge on any atom is -0.488 e. The highest BCUT2D eigenvalue weighted by Gasteiger charge is 2.18. The largest absolute Gasteiger partial charge is 0.488 e. The molecule has 2 N–H and O–H groups in total. The zero-order valence-corrected chi connectivity index (χ0v) is 15.2. The van der Waals surface area contributed by atoms with E-state index in [4.69, 9.17) is 9.84 Å². The van der Waals surface area contributed by atoms with Crippen LogP contribution in [0.3, 0.4) is 0 Å². The van der Waals surface area contributed by atoms with E-state index in [0.717, 1.165) is 28.9 Å². The van der Waals surface area contributed by atoms with Crippen molar-refractivity contribution in [1.29, 1.82) is 0 Å². The first kappa shape index (κ1) is 19.0. The van der Waals surface area contributed by atoms with Crippen molar-refractivity contribution < 1.29 is 19.7 Å². The monoisotopic (exact) mass is 342 g/mol. The summed E-state index contributed by atoms with van der Waals surface area (Å²) in [6, 6.07) is 11.8. The number of aliphatic carboxylic acids is 1. The van der Waals surface area contributed by atoms with Crippen LogP contribution in [0.2, 0.25) is 0 Å². The Kier molecular flexibility index (Phi) is 6.21. The van der Waals surface area contributed by atoms with Gasteiger partial charge in [-0.2, -0.15) is 0 Å². The lowest BCUT2D eigenvalue weighted by molar-refractivity contribution is -0.146. The van der Waals surface area contributed by atoms with Crippen molar-refractivity contribution in [2.24, 2.45) is 0 Å². The Morgan fingerprint density at radius 1 is 1.08 bits per heavy atom. The molecule has 0 saturated heterocycles. The molecule has 2 rings (SSSR count). The maximum absolute atomic E-state index is 10.9. The minimum atomic E-state index is -1.51. The first-order valence-corrected chi connectivity index (χ1v) is 8.57. The number of ether oxygens (including phenoxy) is 1. The van der Waals surface area contributed by atoms with Gasteiger partial charge < -0.3 is 14.9 Å². The van der Waals surface area contributed by atoms with Crippen LogP contribution < -0.4 is 4.74 Å². The van der Waals surface area contributed by atoms with Gasteiger partial charge in [0.15, 0.2) is 6.10 Å². The molecule has 0 amide bonds. The SMILES string of the molecule is CCC(C)c1ccc(COc2c(C)cc(C(O)C(=O)O)cc2C)cc1. The number of carboxylic acid groups (broad SMARTS) is 1. The summed E-state index contributed by atoms with van der Waals surface area (Å²) >= 11 is 0. The molecule has 2 aromatic rings. The summed E-state index contributed by atoms with van der Waals surface area (Å²) in [6.07, 6.45) is -0.400. The van der Waals surface area contributed by atoms with E-state index in [1.54, 1.807) is 12.1 Å². The second-order valence-electron chi connectivity index (χ2n) is 6.56. The minimum absolute atomic E-state index is 0.368. The third-order valence-electron chi connectivity index (χ3n) is 4.58. The lowest BCUT2D eigenvalue weighted by atomic mass is 9.98. The van der Waals surface area contributed by atoms with Crippen LogP contribution in [0.4, 0.5) is 0 Å². The molecule has 2 aromatic carbocycles. The van der Waals surface area contributed by atoms with E-state index in [2.05, 4.69) is 38.1 Å². The molecular weight excluding hydrogens is 316 g/mol. The summed E-state index contributed by atoms with van der Waals surface area (Å²) in [7, 11) is 0. The Morgan fingerprint density at radius 3 is 2.12 bits per heavy atom. The van der Waals surface area contributed by atoms with E-state index in [1.807, 2.05) is 13.8 Å². The molecule has 0 spiro atoms. The predicted octanol–water partition coefficient (Wildman–Crippen LogP) is 4.51. The standard InChI is InChI=1S/C21H26O4/c1-5-13(2)17-8-6-16(7-9-17)12-25-20-14(3)10-18(11-15(20)4)19(22)21(23)24/h6-11,13,19,22H,5,12H2,1-4H3,(H,23,24). The maximum atomic E-state index is 10.9. The van der Waals surface area contributed by atoms with Gasteiger partial charge >= 0.3 is 5.97 Å². The summed E-state index contributed by atoms with van der Waals surface area (Å²) in [5.41, 5.74) is 4.40. The number of rotatable bonds is 7. The molecule has 2 atom stereocenters. The van der Waals surface area contributed by atoms with E-state index in [9.17, 15) is 9.90 Å². The van der Waals surface area contributed by atoms with Crippen LogP contribution in [-0.4, -0.2) is 16.2 Å². The molecule has 0 bridgehead atoms. The highest BCUT2D eigenvalue weighted by atomic mass is 16.5. The van der Waals surface area contributed by atoms with Gasteiger partial charge in [0.2, 0.25) is 0 Å². The Bertz CT molecular complexity index is 711. The van der Waals surface area contributed by atoms with Gasteiger partial charge in [-0.3, -0.25) is 0 Å². The zero-order chi connectivity index (χ0) is 18.6. The fourth-order valence-electron chi connectivity index (χ4n) is 2.85. The summed E-state index contributed by atoms with van der Waals surface area (Å²) in [4.78, 5) is 10.9. The van der Waals surface area contributed by atoms with Crippen molar-refractivity contribution in [3.05, 3.63) is 64.2 Å². The van der Waals surface area contributed by atoms with Gasteiger partial charge in [0.1, 0.15) is 12.4 Å². The fraction of sp³-hybridized carbons (Fsp3) is 0.381. The Balaban J connectivity index is 2.11. The topological polar surface area (TPSA) is 66.8 Å². The van der Waals surface area contributed by atoms with Crippen LogP contribution in [0.5, 0.6) is 5.75 Å². The number of aliphatic hydroxyl groups excluding tert-OH is 1. The molecule has 0 saturated carbocycles. The molecule has 0 aliphatic rings. The third kappa shape index (κ3) is 4.60. The number of carboxylic acids is 1. The number of aryl methyl sites for hydroxylation is 2. The average Bonchev–Trinajstić information content (AvgIpc) is 2.59. The smallest absolute Gasteiger partial charge is 0.337 e. The third-order valence-corrected chi connectivity index (χ3v) is 4.58. The first-order chi connectivity index (χ1) is 11.8. The van der Waals surface area contributed by atoms with Crippen LogP contribution in [0.25, 0.3) is 0 Å². The molecule has 134 valence electrons. The van der Waals surface area contributed by atoms with Crippen molar-refractivity contribution in [3.63, 3.8) is 0 Å². The van der Waals surface area contributed by atoms with Crippen molar-refractivity contribution in [1.82, 2.24) is 0 Å². The average molecular weight is 342 g/mol. The molecular formula is C21H26O4. The summed E-state index contributed by atoms with van der Waals surface area (Å²) in [5, 5.41) is 18.6. The molecule has 0 fully saturated rings. The zero-order valence-electron chi connectivity index (χ0n) is 15.2. The fourth-order valence-corrected chi connectivity index (χ4v) is 2.85. The number of carbonyl (C=O) groups is 1. The van der Waals surface area contributed by atoms with E-state index in [-0.39, 0.29) is 0 Å². The maximum Gasteiger partial charge on any atom is 0.337 e. The number of benzene rings is 2. The molecule has 0 aliphatic heterocycles. The van der Waals surface area contributed by atoms with Crippen LogP contribution >= 0.6 is 0 Å². The quantitative estimate of drug-likeness (QED) is 0.777. The Hall–Kier alpha value is -2.33. The van der Waals surface area contributed by atoms with Gasteiger partial charge in [0.25, 0.3) is 0 Å². The van der Waals surface area contributed by atoms with Crippen LogP contribution in [-0.2, 0) is 11.4 Å². The van der Waals surface area contributed by atoms with E-state index in [1.165, 1.54) is 5.56 Å². The molecule has 4 heteroatoms. The highest BCUT2D eigenvalue weighted by molar-refractivity contribution is 5.74. The summed E-state index contributed by atoms with van der Waals surface area (Å²) in [6.45, 7) is 8.55. The molecule has 0 aliphatic carbocycles. The second-order valence-corrected chi connectivity index (χ2v) is 6.56. The van der Waals surface area contributed by atoms with Gasteiger partial charge in [-0.25, -0.2) is 4.79 Å². The summed E-state index contributed by atoms with van der Waals surface area (Å²) in [5.74, 6) is 0.0221. The molecule has 2 unspecified atom stereocenters. The van der Waals surface area contributed by atoms with Crippen LogP contribution in [0.15, 0.2) is 36.4 Å². The first-order valence-electron chi connectivity index (χ1n) is 8.57. The van der Waals surface area contributed by atoms with E-state index < -0.39 is 12.1 Å². The van der Waals surface area contributed by atoms with Gasteiger partial charge in [-0.15, -0.1) is 0 Å². The second kappa shape index (κ2) is 8.17. The highest BCUT2D eigenvalue weighted by Crippen LogP contribution is 2.28. The molecule has 0 heterocycles. The van der Waals surface area contributed by atoms with Gasteiger partial charge in [-0.1, -0.05) is 38.1 Å². The van der Waals surface area contributed by atoms with Crippen molar-refractivity contribution >= 4 is 5.97 Å². The van der Waals surface area contributed by atoms with E-state index in [0.29, 0.717) is 18.1 Å². The summed E-state index contributed by atoms with van der Waals surface area (Å²) < 4.78 is 5.95. The van der Waals surface area contributed by atoms with Gasteiger partial charge in [0.05, 0.1) is 0 Å². The number of hydrogen-bond donors (Lipinski definition) is 2. The number of hydrogen-bond acceptors (Lipinski definition) is 3. The van der Waals surface area contributed by atoms with Gasteiger partial charge in [0, 0.05) is 0 Å². The lowest BCUT2D eigenvalue weighted by Crippen LogP contribution is -2.11. The normalized spacial score (nSPS) is 13.3. The predicted molar refractivity (Wildman–Crippen MR) is 98.0 cm³/mol. The Morgan fingerprint density at radius 2 is 1.64 bits per heavy atom. The van der Waals surface area contributed by atoms with Crippen LogP contribution in [0.1, 0.15) is 60.1 Å². The molecule has 4 nitrogen and oxygen atoms in total.